The average Bonchev–Trinajstić information content (AvgIpc) is 2.42. The molecule has 21 heavy (non-hydrogen) atoms. The van der Waals surface area contributed by atoms with Crippen LogP contribution in [0.5, 0.6) is 0 Å². The van der Waals surface area contributed by atoms with Crippen LogP contribution in [0, 0.1) is 12.7 Å². The Morgan fingerprint density at radius 3 is 2.29 bits per heavy atom. The van der Waals surface area contributed by atoms with Crippen LogP contribution in [-0.2, 0) is 0 Å². The molecule has 1 aromatic carbocycles. The van der Waals surface area contributed by atoms with Crippen LogP contribution in [0.25, 0.3) is 0 Å². The lowest BCUT2D eigenvalue weighted by Crippen LogP contribution is -2.52. The maximum atomic E-state index is 13.4. The summed E-state index contributed by atoms with van der Waals surface area (Å²) >= 11 is 0. The highest BCUT2D eigenvalue weighted by Gasteiger charge is 2.35. The predicted molar refractivity (Wildman–Crippen MR) is 89.2 cm³/mol. The summed E-state index contributed by atoms with van der Waals surface area (Å²) in [7, 11) is 0. The Hall–Kier alpha value is -0.930. The quantitative estimate of drug-likeness (QED) is 0.769. The van der Waals surface area contributed by atoms with Crippen LogP contribution in [0.3, 0.4) is 0 Å². The van der Waals surface area contributed by atoms with Crippen LogP contribution in [0.4, 0.5) is 4.39 Å². The first-order valence-corrected chi connectivity index (χ1v) is 8.12. The molecule has 0 aliphatic rings. The lowest BCUT2D eigenvalue weighted by Gasteiger charge is -2.44. The molecule has 1 unspecified atom stereocenters. The highest BCUT2D eigenvalue weighted by atomic mass is 19.1. The smallest absolute Gasteiger partial charge is 0.123 e. The number of halogens is 1. The van der Waals surface area contributed by atoms with Crippen LogP contribution in [0.15, 0.2) is 18.2 Å². The average molecular weight is 294 g/mol. The zero-order valence-corrected chi connectivity index (χ0v) is 14.5. The first kappa shape index (κ1) is 18.1. The number of hydrogen-bond acceptors (Lipinski definition) is 2. The summed E-state index contributed by atoms with van der Waals surface area (Å²) in [5.74, 6) is -0.161. The lowest BCUT2D eigenvalue weighted by molar-refractivity contribution is 0.0909. The van der Waals surface area contributed by atoms with Gasteiger partial charge in [0.25, 0.3) is 0 Å². The van der Waals surface area contributed by atoms with Crippen molar-refractivity contribution in [3.05, 3.63) is 35.1 Å². The van der Waals surface area contributed by atoms with Crippen molar-refractivity contribution in [2.45, 2.75) is 59.5 Å². The van der Waals surface area contributed by atoms with Crippen LogP contribution < -0.4 is 5.32 Å². The van der Waals surface area contributed by atoms with Gasteiger partial charge in [-0.05, 0) is 70.1 Å². The molecule has 0 aromatic heterocycles. The Labute approximate surface area is 129 Å². The van der Waals surface area contributed by atoms with Crippen LogP contribution >= 0.6 is 0 Å². The van der Waals surface area contributed by atoms with Crippen molar-refractivity contribution in [3.63, 3.8) is 0 Å². The Balaban J connectivity index is 3.20. The van der Waals surface area contributed by atoms with Gasteiger partial charge in [-0.25, -0.2) is 4.39 Å². The second kappa shape index (κ2) is 7.90. The zero-order valence-electron chi connectivity index (χ0n) is 14.5. The summed E-state index contributed by atoms with van der Waals surface area (Å²) in [5, 5.41) is 3.67. The Kier molecular flexibility index (Phi) is 6.82. The van der Waals surface area contributed by atoms with Gasteiger partial charge in [0.15, 0.2) is 0 Å². The molecule has 1 atom stereocenters. The third-order valence-electron chi connectivity index (χ3n) is 4.43. The van der Waals surface area contributed by atoms with E-state index >= 15 is 0 Å². The molecule has 0 aliphatic heterocycles. The largest absolute Gasteiger partial charge is 0.308 e. The number of rotatable bonds is 8. The van der Waals surface area contributed by atoms with Crippen molar-refractivity contribution in [1.29, 1.82) is 0 Å². The Bertz CT molecular complexity index is 439. The van der Waals surface area contributed by atoms with E-state index in [1.54, 1.807) is 12.1 Å². The van der Waals surface area contributed by atoms with E-state index in [0.717, 1.165) is 31.6 Å². The fourth-order valence-electron chi connectivity index (χ4n) is 3.21. The van der Waals surface area contributed by atoms with E-state index in [4.69, 9.17) is 0 Å². The molecule has 0 spiro atoms. The van der Waals surface area contributed by atoms with Gasteiger partial charge in [-0.3, -0.25) is 4.90 Å². The van der Waals surface area contributed by atoms with E-state index in [9.17, 15) is 4.39 Å². The van der Waals surface area contributed by atoms with E-state index in [-0.39, 0.29) is 17.4 Å². The fourth-order valence-corrected chi connectivity index (χ4v) is 3.21. The van der Waals surface area contributed by atoms with E-state index in [2.05, 4.69) is 44.8 Å². The van der Waals surface area contributed by atoms with Gasteiger partial charge < -0.3 is 5.32 Å². The van der Waals surface area contributed by atoms with E-state index in [0.29, 0.717) is 0 Å². The SMILES string of the molecule is CCCNC(c1ccc(F)cc1C)C(C)(C)N(CC)CC. The third kappa shape index (κ3) is 4.27. The maximum absolute atomic E-state index is 13.4. The summed E-state index contributed by atoms with van der Waals surface area (Å²) in [6.45, 7) is 16.1. The number of nitrogens with one attached hydrogen (secondary N) is 1. The molecule has 0 saturated carbocycles. The van der Waals surface area contributed by atoms with Gasteiger partial charge in [0.2, 0.25) is 0 Å². The minimum absolute atomic E-state index is 0.0265. The molecule has 0 fully saturated rings. The summed E-state index contributed by atoms with van der Waals surface area (Å²) in [4.78, 5) is 2.46. The summed E-state index contributed by atoms with van der Waals surface area (Å²) < 4.78 is 13.4. The summed E-state index contributed by atoms with van der Waals surface area (Å²) in [6.07, 6.45) is 1.09. The molecule has 1 N–H and O–H groups in total. The molecule has 0 aliphatic carbocycles. The van der Waals surface area contributed by atoms with Gasteiger partial charge in [-0.1, -0.05) is 26.8 Å². The number of aryl methyl sites for hydroxylation is 1. The molecule has 0 saturated heterocycles. The van der Waals surface area contributed by atoms with Gasteiger partial charge in [0, 0.05) is 5.54 Å². The van der Waals surface area contributed by atoms with Crippen LogP contribution in [0.1, 0.15) is 58.2 Å². The molecule has 2 nitrogen and oxygen atoms in total. The van der Waals surface area contributed by atoms with Gasteiger partial charge in [-0.15, -0.1) is 0 Å². The number of hydrogen-bond donors (Lipinski definition) is 1. The van der Waals surface area contributed by atoms with Crippen molar-refractivity contribution < 1.29 is 4.39 Å². The van der Waals surface area contributed by atoms with Crippen molar-refractivity contribution >= 4 is 0 Å². The van der Waals surface area contributed by atoms with Gasteiger partial charge in [0.05, 0.1) is 6.04 Å². The molecule has 0 amide bonds. The Morgan fingerprint density at radius 2 is 1.81 bits per heavy atom. The van der Waals surface area contributed by atoms with Gasteiger partial charge in [-0.2, -0.15) is 0 Å². The van der Waals surface area contributed by atoms with Crippen molar-refractivity contribution in [1.82, 2.24) is 10.2 Å². The predicted octanol–water partition coefficient (Wildman–Crippen LogP) is 4.30. The highest BCUT2D eigenvalue weighted by Crippen LogP contribution is 2.33. The molecule has 120 valence electrons. The molecule has 1 aromatic rings. The maximum Gasteiger partial charge on any atom is 0.123 e. The topological polar surface area (TPSA) is 15.3 Å². The minimum Gasteiger partial charge on any atom is -0.308 e. The third-order valence-corrected chi connectivity index (χ3v) is 4.43. The van der Waals surface area contributed by atoms with Gasteiger partial charge in [0.1, 0.15) is 5.82 Å². The normalized spacial score (nSPS) is 13.7. The van der Waals surface area contributed by atoms with E-state index in [1.165, 1.54) is 5.56 Å². The summed E-state index contributed by atoms with van der Waals surface area (Å²) in [6, 6.07) is 5.33. The van der Waals surface area contributed by atoms with Gasteiger partial charge >= 0.3 is 0 Å². The number of benzene rings is 1. The van der Waals surface area contributed by atoms with Crippen molar-refractivity contribution in [2.75, 3.05) is 19.6 Å². The number of likely N-dealkylation sites (N-methyl/N-ethyl adjacent to an activating group) is 1. The van der Waals surface area contributed by atoms with E-state index < -0.39 is 0 Å². The number of nitrogens with zero attached hydrogens (tertiary/aromatic N) is 1. The van der Waals surface area contributed by atoms with E-state index in [1.807, 2.05) is 13.0 Å². The molecular weight excluding hydrogens is 263 g/mol. The molecule has 3 heteroatoms. The molecule has 0 heterocycles. The molecule has 0 bridgehead atoms. The minimum atomic E-state index is -0.161. The second-order valence-corrected chi connectivity index (χ2v) is 6.21. The summed E-state index contributed by atoms with van der Waals surface area (Å²) in [5.41, 5.74) is 2.19. The van der Waals surface area contributed by atoms with Crippen molar-refractivity contribution in [3.8, 4) is 0 Å². The first-order chi connectivity index (χ1) is 9.88. The molecule has 0 radical (unpaired) electrons. The zero-order chi connectivity index (χ0) is 16.0. The standard InChI is InChI=1S/C18H31FN2/c1-7-12-20-17(18(5,6)21(8-2)9-3)16-11-10-15(19)13-14(16)4/h10-11,13,17,20H,7-9,12H2,1-6H3. The highest BCUT2D eigenvalue weighted by molar-refractivity contribution is 5.32. The van der Waals surface area contributed by atoms with Crippen molar-refractivity contribution in [2.24, 2.45) is 0 Å². The first-order valence-electron chi connectivity index (χ1n) is 8.12. The Morgan fingerprint density at radius 1 is 1.19 bits per heavy atom. The molecule has 1 rings (SSSR count). The van der Waals surface area contributed by atoms with Crippen LogP contribution in [0.2, 0.25) is 0 Å². The fraction of sp³-hybridized carbons (Fsp3) is 0.667. The molecular formula is C18H31FN2. The monoisotopic (exact) mass is 294 g/mol. The van der Waals surface area contributed by atoms with Crippen LogP contribution in [-0.4, -0.2) is 30.1 Å². The lowest BCUT2D eigenvalue weighted by atomic mass is 9.84. The second-order valence-electron chi connectivity index (χ2n) is 6.21.